The minimum atomic E-state index is -4.22. The molecule has 3 heterocycles. The Morgan fingerprint density at radius 1 is 1.12 bits per heavy atom. The van der Waals surface area contributed by atoms with Crippen LogP contribution in [0.1, 0.15) is 31.1 Å². The SMILES string of the molecule is O=C(OCc1ccccc1)[C@@H]1CCCN1P(=O)(OC[C@H]1O[C@@H](n2cc(F)c(=O)[nH]c2=O)C[C@@H]1O)Oc1ccccc1. The zero-order chi connectivity index (χ0) is 29.0. The molecule has 1 unspecified atom stereocenters. The first-order chi connectivity index (χ1) is 19.7. The van der Waals surface area contributed by atoms with Crippen LogP contribution in [0.2, 0.25) is 0 Å². The Morgan fingerprint density at radius 3 is 2.56 bits per heavy atom. The number of aromatic nitrogens is 2. The van der Waals surface area contributed by atoms with Gasteiger partial charge >= 0.3 is 19.4 Å². The molecule has 0 amide bonds. The second-order valence-corrected chi connectivity index (χ2v) is 11.6. The van der Waals surface area contributed by atoms with Crippen molar-refractivity contribution in [3.8, 4) is 5.75 Å². The van der Waals surface area contributed by atoms with Gasteiger partial charge in [-0.05, 0) is 30.5 Å². The van der Waals surface area contributed by atoms with Gasteiger partial charge in [-0.3, -0.25) is 23.7 Å². The standard InChI is InChI=1S/C27H29FN3O9P/c28-20-15-30(27(35)29-25(20)33)24-14-22(32)23(39-24)17-38-41(36,40-19-10-5-2-6-11-19)31-13-7-12-21(31)26(34)37-16-18-8-3-1-4-9-18/h1-6,8-11,15,21-24,32H,7,12-14,16-17H2,(H,29,33,35)/t21-,22-,23+,24+,41?/m0/s1. The van der Waals surface area contributed by atoms with Crippen molar-refractivity contribution in [3.05, 3.63) is 99.1 Å². The van der Waals surface area contributed by atoms with E-state index in [9.17, 15) is 28.4 Å². The number of benzene rings is 2. The van der Waals surface area contributed by atoms with E-state index in [0.717, 1.165) is 10.1 Å². The van der Waals surface area contributed by atoms with E-state index < -0.39 is 61.9 Å². The van der Waals surface area contributed by atoms with Gasteiger partial charge in [-0.15, -0.1) is 0 Å². The molecule has 2 saturated heterocycles. The summed E-state index contributed by atoms with van der Waals surface area (Å²) in [7, 11) is -4.22. The summed E-state index contributed by atoms with van der Waals surface area (Å²) in [6.45, 7) is -0.175. The summed E-state index contributed by atoms with van der Waals surface area (Å²) in [5.41, 5.74) is -1.29. The summed E-state index contributed by atoms with van der Waals surface area (Å²) < 4.78 is 53.2. The molecule has 5 rings (SSSR count). The number of para-hydroxylation sites is 1. The van der Waals surface area contributed by atoms with Crippen LogP contribution in [0.5, 0.6) is 5.75 Å². The first-order valence-corrected chi connectivity index (χ1v) is 14.5. The maximum Gasteiger partial charge on any atom is 0.462 e. The molecule has 5 atom stereocenters. The van der Waals surface area contributed by atoms with E-state index in [1.54, 1.807) is 30.3 Å². The number of carbonyl (C=O) groups excluding carboxylic acids is 1. The van der Waals surface area contributed by atoms with Crippen molar-refractivity contribution < 1.29 is 37.4 Å². The predicted octanol–water partition coefficient (Wildman–Crippen LogP) is 2.74. The van der Waals surface area contributed by atoms with Crippen LogP contribution in [0.3, 0.4) is 0 Å². The maximum atomic E-state index is 14.3. The second kappa shape index (κ2) is 12.5. The number of rotatable bonds is 10. The molecule has 2 N–H and O–H groups in total. The quantitative estimate of drug-likeness (QED) is 0.267. The highest BCUT2D eigenvalue weighted by molar-refractivity contribution is 7.51. The summed E-state index contributed by atoms with van der Waals surface area (Å²) >= 11 is 0. The normalized spacial score (nSPS) is 24.1. The van der Waals surface area contributed by atoms with Gasteiger partial charge in [0.1, 0.15) is 30.7 Å². The molecule has 2 aliphatic heterocycles. The average Bonchev–Trinajstić information content (AvgIpc) is 3.61. The van der Waals surface area contributed by atoms with Crippen LogP contribution in [-0.4, -0.2) is 56.7 Å². The summed E-state index contributed by atoms with van der Waals surface area (Å²) in [6, 6.07) is 16.5. The van der Waals surface area contributed by atoms with Gasteiger partial charge in [0.05, 0.1) is 18.9 Å². The van der Waals surface area contributed by atoms with Crippen LogP contribution < -0.4 is 15.8 Å². The molecule has 0 bridgehead atoms. The van der Waals surface area contributed by atoms with Crippen molar-refractivity contribution in [1.29, 1.82) is 0 Å². The fourth-order valence-electron chi connectivity index (χ4n) is 4.75. The van der Waals surface area contributed by atoms with Gasteiger partial charge in [0, 0.05) is 13.0 Å². The lowest BCUT2D eigenvalue weighted by Crippen LogP contribution is -2.38. The predicted molar refractivity (Wildman–Crippen MR) is 142 cm³/mol. The fraction of sp³-hybridized carbons (Fsp3) is 0.370. The lowest BCUT2D eigenvalue weighted by atomic mass is 10.2. The van der Waals surface area contributed by atoms with Crippen LogP contribution in [-0.2, 0) is 30.0 Å². The number of nitrogens with zero attached hydrogens (tertiary/aromatic N) is 2. The Hall–Kier alpha value is -3.61. The van der Waals surface area contributed by atoms with Gasteiger partial charge in [-0.2, -0.15) is 9.06 Å². The fourth-order valence-corrected chi connectivity index (χ4v) is 6.72. The number of H-pyrrole nitrogens is 1. The molecule has 12 nitrogen and oxygen atoms in total. The maximum absolute atomic E-state index is 14.3. The third-order valence-electron chi connectivity index (χ3n) is 6.84. The Bertz CT molecular complexity index is 1520. The largest absolute Gasteiger partial charge is 0.462 e. The van der Waals surface area contributed by atoms with Crippen molar-refractivity contribution in [2.45, 2.75) is 50.3 Å². The lowest BCUT2D eigenvalue weighted by Gasteiger charge is -2.31. The van der Waals surface area contributed by atoms with E-state index in [1.807, 2.05) is 35.3 Å². The molecule has 0 spiro atoms. The highest BCUT2D eigenvalue weighted by Crippen LogP contribution is 2.55. The van der Waals surface area contributed by atoms with E-state index in [4.69, 9.17) is 18.5 Å². The first-order valence-electron chi connectivity index (χ1n) is 13.0. The number of carbonyl (C=O) groups is 1. The zero-order valence-electron chi connectivity index (χ0n) is 21.8. The summed E-state index contributed by atoms with van der Waals surface area (Å²) in [4.78, 5) is 38.5. The molecule has 41 heavy (non-hydrogen) atoms. The van der Waals surface area contributed by atoms with Crippen molar-refractivity contribution in [2.75, 3.05) is 13.2 Å². The van der Waals surface area contributed by atoms with E-state index in [2.05, 4.69) is 0 Å². The van der Waals surface area contributed by atoms with E-state index in [1.165, 1.54) is 4.67 Å². The number of aliphatic hydroxyl groups excluding tert-OH is 1. The number of halogens is 1. The van der Waals surface area contributed by atoms with Gasteiger partial charge in [-0.25, -0.2) is 9.36 Å². The highest BCUT2D eigenvalue weighted by Gasteiger charge is 2.48. The van der Waals surface area contributed by atoms with Crippen LogP contribution >= 0.6 is 7.75 Å². The topological polar surface area (TPSA) is 149 Å². The summed E-state index contributed by atoms with van der Waals surface area (Å²) in [5, 5.41) is 10.6. The summed E-state index contributed by atoms with van der Waals surface area (Å²) in [6.07, 6.45) is -1.91. The molecule has 2 aromatic carbocycles. The Kier molecular flexibility index (Phi) is 8.81. The van der Waals surface area contributed by atoms with Gasteiger partial charge in [0.2, 0.25) is 5.82 Å². The number of hydrogen-bond acceptors (Lipinski definition) is 9. The molecule has 1 aromatic heterocycles. The Balaban J connectivity index is 1.32. The molecular formula is C27H29FN3O9P. The van der Waals surface area contributed by atoms with Crippen molar-refractivity contribution >= 4 is 13.7 Å². The molecule has 0 saturated carbocycles. The molecule has 2 fully saturated rings. The number of aromatic amines is 1. The van der Waals surface area contributed by atoms with Crippen molar-refractivity contribution in [3.63, 3.8) is 0 Å². The lowest BCUT2D eigenvalue weighted by molar-refractivity contribution is -0.149. The van der Waals surface area contributed by atoms with Crippen LogP contribution in [0, 0.1) is 5.82 Å². The number of hydrogen-bond donors (Lipinski definition) is 2. The van der Waals surface area contributed by atoms with Crippen molar-refractivity contribution in [2.24, 2.45) is 0 Å². The third kappa shape index (κ3) is 6.66. The summed E-state index contributed by atoms with van der Waals surface area (Å²) in [5.74, 6) is -1.54. The van der Waals surface area contributed by atoms with E-state index in [-0.39, 0.29) is 25.3 Å². The number of esters is 1. The molecule has 218 valence electrons. The molecule has 14 heteroatoms. The molecule has 0 radical (unpaired) electrons. The average molecular weight is 590 g/mol. The number of ether oxygens (including phenoxy) is 2. The molecular weight excluding hydrogens is 560 g/mol. The highest BCUT2D eigenvalue weighted by atomic mass is 31.2. The monoisotopic (exact) mass is 589 g/mol. The molecule has 2 aliphatic rings. The minimum absolute atomic E-state index is 0.0446. The molecule has 3 aromatic rings. The second-order valence-electron chi connectivity index (χ2n) is 9.66. The Morgan fingerprint density at radius 2 is 1.83 bits per heavy atom. The van der Waals surface area contributed by atoms with E-state index >= 15 is 0 Å². The molecule has 0 aliphatic carbocycles. The third-order valence-corrected chi connectivity index (χ3v) is 8.86. The smallest absolute Gasteiger partial charge is 0.460 e. The first kappa shape index (κ1) is 28.9. The van der Waals surface area contributed by atoms with Crippen molar-refractivity contribution in [1.82, 2.24) is 14.2 Å². The van der Waals surface area contributed by atoms with Crippen LogP contribution in [0.4, 0.5) is 4.39 Å². The van der Waals surface area contributed by atoms with Gasteiger partial charge in [0.15, 0.2) is 0 Å². The van der Waals surface area contributed by atoms with Gasteiger partial charge < -0.3 is 19.1 Å². The number of aliphatic hydroxyl groups is 1. The Labute approximate surface area is 233 Å². The van der Waals surface area contributed by atoms with Crippen LogP contribution in [0.15, 0.2) is 76.4 Å². The minimum Gasteiger partial charge on any atom is -0.460 e. The van der Waals surface area contributed by atoms with E-state index in [0.29, 0.717) is 19.0 Å². The van der Waals surface area contributed by atoms with Gasteiger partial charge in [0.25, 0.3) is 5.56 Å². The zero-order valence-corrected chi connectivity index (χ0v) is 22.7. The number of nitrogens with one attached hydrogen (secondary N) is 1. The van der Waals surface area contributed by atoms with Crippen LogP contribution in [0.25, 0.3) is 0 Å². The van der Waals surface area contributed by atoms with Gasteiger partial charge in [-0.1, -0.05) is 48.5 Å².